The van der Waals surface area contributed by atoms with Crippen molar-refractivity contribution in [1.29, 1.82) is 0 Å². The van der Waals surface area contributed by atoms with Crippen molar-refractivity contribution in [3.8, 4) is 0 Å². The fourth-order valence-corrected chi connectivity index (χ4v) is 3.13. The largest absolute Gasteiger partial charge is 0.382 e. The number of amides is 1. The van der Waals surface area contributed by atoms with Gasteiger partial charge >= 0.3 is 0 Å². The fourth-order valence-electron chi connectivity index (χ4n) is 3.13. The Kier molecular flexibility index (Phi) is 5.79. The minimum Gasteiger partial charge on any atom is -0.382 e. The van der Waals surface area contributed by atoms with Gasteiger partial charge in [0, 0.05) is 46.4 Å². The molecule has 1 heterocycles. The smallest absolute Gasteiger partial charge is 0.253 e. The highest BCUT2D eigenvalue weighted by atomic mass is 16.5. The van der Waals surface area contributed by atoms with Crippen LogP contribution in [0.4, 0.5) is 0 Å². The number of methoxy groups -OCH3 is 1. The van der Waals surface area contributed by atoms with E-state index in [1.165, 1.54) is 0 Å². The summed E-state index contributed by atoms with van der Waals surface area (Å²) in [7, 11) is 5.25. The van der Waals surface area contributed by atoms with Gasteiger partial charge in [0.25, 0.3) is 5.91 Å². The van der Waals surface area contributed by atoms with Crippen molar-refractivity contribution >= 4 is 5.91 Å². The van der Waals surface area contributed by atoms with Gasteiger partial charge in [-0.05, 0) is 31.5 Å². The van der Waals surface area contributed by atoms with Crippen LogP contribution in [0.3, 0.4) is 0 Å². The van der Waals surface area contributed by atoms with Gasteiger partial charge in [-0.15, -0.1) is 0 Å². The number of carbonyl (C=O) groups excluding carboxylic acids is 1. The van der Waals surface area contributed by atoms with Crippen molar-refractivity contribution in [2.24, 2.45) is 0 Å². The van der Waals surface area contributed by atoms with Crippen LogP contribution in [0.5, 0.6) is 0 Å². The van der Waals surface area contributed by atoms with Crippen LogP contribution in [0, 0.1) is 0 Å². The number of nitrogens with zero attached hydrogens (tertiary/aromatic N) is 2. The highest BCUT2D eigenvalue weighted by Gasteiger charge is 2.33. The fraction of sp³-hybridized carbons (Fsp3) is 0.611. The van der Waals surface area contributed by atoms with Crippen molar-refractivity contribution in [1.82, 2.24) is 9.80 Å². The summed E-state index contributed by atoms with van der Waals surface area (Å²) in [4.78, 5) is 16.1. The molecule has 1 atom stereocenters. The zero-order valence-corrected chi connectivity index (χ0v) is 14.8. The van der Waals surface area contributed by atoms with Crippen molar-refractivity contribution in [3.05, 3.63) is 35.4 Å². The Morgan fingerprint density at radius 2 is 2.17 bits per heavy atom. The number of rotatable bonds is 5. The Labute approximate surface area is 139 Å². The molecule has 2 rings (SSSR count). The molecule has 5 nitrogen and oxygen atoms in total. The van der Waals surface area contributed by atoms with E-state index in [-0.39, 0.29) is 17.6 Å². The van der Waals surface area contributed by atoms with E-state index >= 15 is 0 Å². The van der Waals surface area contributed by atoms with Crippen LogP contribution < -0.4 is 0 Å². The van der Waals surface area contributed by atoms with E-state index < -0.39 is 0 Å². The maximum Gasteiger partial charge on any atom is 0.253 e. The van der Waals surface area contributed by atoms with E-state index in [9.17, 15) is 4.79 Å². The van der Waals surface area contributed by atoms with E-state index in [2.05, 4.69) is 24.8 Å². The lowest BCUT2D eigenvalue weighted by Gasteiger charge is -2.42. The van der Waals surface area contributed by atoms with E-state index in [0.29, 0.717) is 6.61 Å². The summed E-state index contributed by atoms with van der Waals surface area (Å²) >= 11 is 0. The molecule has 1 aliphatic heterocycles. The van der Waals surface area contributed by atoms with E-state index in [1.807, 2.05) is 18.2 Å². The molecule has 0 aliphatic carbocycles. The third kappa shape index (κ3) is 5.03. The molecule has 1 aromatic rings. The van der Waals surface area contributed by atoms with Crippen LogP contribution in [0.25, 0.3) is 0 Å². The van der Waals surface area contributed by atoms with Crippen molar-refractivity contribution < 1.29 is 14.3 Å². The van der Waals surface area contributed by atoms with Gasteiger partial charge in [0.1, 0.15) is 0 Å². The molecule has 1 aromatic carbocycles. The Bertz CT molecular complexity index is 543. The molecule has 0 N–H and O–H groups in total. The van der Waals surface area contributed by atoms with Gasteiger partial charge in [-0.1, -0.05) is 12.1 Å². The van der Waals surface area contributed by atoms with Gasteiger partial charge in [-0.25, -0.2) is 0 Å². The standard InChI is InChI=1S/C18H28N2O3/c1-18(2)13-20(11-16(23-18)12-22-5)10-14-7-6-8-15(9-14)17(21)19(3)4/h6-9,16H,10-13H2,1-5H3/t16-/m1/s1. The molecule has 5 heteroatoms. The third-order valence-electron chi connectivity index (χ3n) is 3.89. The lowest BCUT2D eigenvalue weighted by Crippen LogP contribution is -2.53. The molecule has 0 aromatic heterocycles. The van der Waals surface area contributed by atoms with Crippen LogP contribution >= 0.6 is 0 Å². The van der Waals surface area contributed by atoms with Crippen molar-refractivity contribution in [3.63, 3.8) is 0 Å². The SMILES string of the molecule is COC[C@H]1CN(Cc2cccc(C(=O)N(C)C)c2)CC(C)(C)O1. The Balaban J connectivity index is 2.08. The molecule has 0 radical (unpaired) electrons. The molecule has 0 unspecified atom stereocenters. The maximum atomic E-state index is 12.1. The van der Waals surface area contributed by atoms with Gasteiger partial charge in [0.05, 0.1) is 18.3 Å². The summed E-state index contributed by atoms with van der Waals surface area (Å²) in [5, 5.41) is 0. The zero-order valence-electron chi connectivity index (χ0n) is 14.8. The van der Waals surface area contributed by atoms with Crippen LogP contribution in [0.2, 0.25) is 0 Å². The predicted molar refractivity (Wildman–Crippen MR) is 90.6 cm³/mol. The first-order valence-electron chi connectivity index (χ1n) is 8.00. The average molecular weight is 320 g/mol. The van der Waals surface area contributed by atoms with Gasteiger partial charge in [-0.3, -0.25) is 9.69 Å². The molecule has 0 bridgehead atoms. The number of hydrogen-bond donors (Lipinski definition) is 0. The Hall–Kier alpha value is -1.43. The predicted octanol–water partition coefficient (Wildman–Crippen LogP) is 2.01. The zero-order chi connectivity index (χ0) is 17.0. The minimum atomic E-state index is -0.196. The Morgan fingerprint density at radius 3 is 2.83 bits per heavy atom. The van der Waals surface area contributed by atoms with E-state index in [4.69, 9.17) is 9.47 Å². The summed E-state index contributed by atoms with van der Waals surface area (Å²) in [6.45, 7) is 7.31. The van der Waals surface area contributed by atoms with Crippen LogP contribution in [-0.4, -0.2) is 68.3 Å². The van der Waals surface area contributed by atoms with E-state index in [1.54, 1.807) is 26.1 Å². The molecular weight excluding hydrogens is 292 g/mol. The topological polar surface area (TPSA) is 42.0 Å². The summed E-state index contributed by atoms with van der Waals surface area (Å²) in [5.41, 5.74) is 1.68. The number of ether oxygens (including phenoxy) is 2. The molecule has 1 saturated heterocycles. The molecule has 1 amide bonds. The monoisotopic (exact) mass is 320 g/mol. The first kappa shape index (κ1) is 17.9. The first-order chi connectivity index (χ1) is 10.8. The van der Waals surface area contributed by atoms with Gasteiger partial charge in [-0.2, -0.15) is 0 Å². The van der Waals surface area contributed by atoms with E-state index in [0.717, 1.165) is 30.8 Å². The normalized spacial score (nSPS) is 21.2. The lowest BCUT2D eigenvalue weighted by atomic mass is 10.0. The second-order valence-electron chi connectivity index (χ2n) is 7.02. The molecular formula is C18H28N2O3. The van der Waals surface area contributed by atoms with Crippen LogP contribution in [0.1, 0.15) is 29.8 Å². The summed E-state index contributed by atoms with van der Waals surface area (Å²) in [6.07, 6.45) is 0.0790. The number of carbonyl (C=O) groups is 1. The molecule has 0 saturated carbocycles. The quantitative estimate of drug-likeness (QED) is 0.832. The first-order valence-corrected chi connectivity index (χ1v) is 8.00. The Morgan fingerprint density at radius 1 is 1.43 bits per heavy atom. The van der Waals surface area contributed by atoms with Gasteiger partial charge in [0.2, 0.25) is 0 Å². The third-order valence-corrected chi connectivity index (χ3v) is 3.89. The lowest BCUT2D eigenvalue weighted by molar-refractivity contribution is -0.154. The molecule has 23 heavy (non-hydrogen) atoms. The highest BCUT2D eigenvalue weighted by molar-refractivity contribution is 5.94. The second-order valence-corrected chi connectivity index (χ2v) is 7.02. The van der Waals surface area contributed by atoms with Crippen molar-refractivity contribution in [2.45, 2.75) is 32.1 Å². The summed E-state index contributed by atoms with van der Waals surface area (Å²) in [6, 6.07) is 7.86. The molecule has 1 fully saturated rings. The highest BCUT2D eigenvalue weighted by Crippen LogP contribution is 2.23. The summed E-state index contributed by atoms with van der Waals surface area (Å²) < 4.78 is 11.3. The molecule has 128 valence electrons. The number of morpholine rings is 1. The number of hydrogen-bond acceptors (Lipinski definition) is 4. The number of benzene rings is 1. The van der Waals surface area contributed by atoms with Gasteiger partial charge < -0.3 is 14.4 Å². The molecule has 0 spiro atoms. The summed E-state index contributed by atoms with van der Waals surface area (Å²) in [5.74, 6) is 0.0337. The second kappa shape index (κ2) is 7.43. The minimum absolute atomic E-state index is 0.0337. The van der Waals surface area contributed by atoms with Crippen molar-refractivity contribution in [2.75, 3.05) is 40.9 Å². The molecule has 1 aliphatic rings. The average Bonchev–Trinajstić information content (AvgIpc) is 2.45. The van der Waals surface area contributed by atoms with Gasteiger partial charge in [0.15, 0.2) is 0 Å². The van der Waals surface area contributed by atoms with Crippen LogP contribution in [-0.2, 0) is 16.0 Å². The maximum absolute atomic E-state index is 12.1. The van der Waals surface area contributed by atoms with Crippen LogP contribution in [0.15, 0.2) is 24.3 Å².